The Bertz CT molecular complexity index is 728. The van der Waals surface area contributed by atoms with Crippen LogP contribution in [0, 0.1) is 23.2 Å². The van der Waals surface area contributed by atoms with Gasteiger partial charge < -0.3 is 33.8 Å². The molecular formula is C32H66N2O8Si. The van der Waals surface area contributed by atoms with Gasteiger partial charge in [-0.25, -0.2) is 0 Å². The van der Waals surface area contributed by atoms with Crippen molar-refractivity contribution in [3.63, 3.8) is 0 Å². The molecule has 1 aliphatic carbocycles. The van der Waals surface area contributed by atoms with Crippen LogP contribution in [0.5, 0.6) is 0 Å². The number of nitrogens with one attached hydrogen (secondary N) is 2. The van der Waals surface area contributed by atoms with Gasteiger partial charge in [0.2, 0.25) is 11.8 Å². The van der Waals surface area contributed by atoms with Crippen LogP contribution in [-0.2, 0) is 32.4 Å². The first-order valence-corrected chi connectivity index (χ1v) is 18.5. The van der Waals surface area contributed by atoms with Crippen LogP contribution < -0.4 is 10.6 Å². The lowest BCUT2D eigenvalue weighted by Crippen LogP contribution is -2.46. The highest BCUT2D eigenvalue weighted by Gasteiger charge is 2.39. The second-order valence-corrected chi connectivity index (χ2v) is 14.5. The molecule has 256 valence electrons. The second kappa shape index (κ2) is 24.7. The summed E-state index contributed by atoms with van der Waals surface area (Å²) in [6, 6.07) is 0.874. The van der Waals surface area contributed by atoms with E-state index >= 15 is 0 Å². The number of carbonyl (C=O) groups excluding carboxylic acids is 3. The SMILES string of the molecule is CCC(C)(CO)C(=O)NC(C)C.CCC(C)C(=O)OCC1CC1.CCO[Si](CCCNC(=O)C(C)CC)(OCC)OCC. The highest BCUT2D eigenvalue weighted by molar-refractivity contribution is 6.60. The Labute approximate surface area is 264 Å². The van der Waals surface area contributed by atoms with Crippen LogP contribution in [0.1, 0.15) is 115 Å². The van der Waals surface area contributed by atoms with Gasteiger partial charge in [0, 0.05) is 44.4 Å². The van der Waals surface area contributed by atoms with E-state index < -0.39 is 14.2 Å². The molecule has 11 heteroatoms. The third-order valence-corrected chi connectivity index (χ3v) is 10.5. The lowest BCUT2D eigenvalue weighted by Gasteiger charge is -2.28. The summed E-state index contributed by atoms with van der Waals surface area (Å²) in [4.78, 5) is 34.2. The van der Waals surface area contributed by atoms with Crippen LogP contribution in [0.25, 0.3) is 0 Å². The topological polar surface area (TPSA) is 132 Å². The standard InChI is InChI=1S/C14H31NO4Si.C9H19NO2.C9H16O2/c1-6-13(5)14(16)15-11-10-12-20(17-7-2,18-8-3)19-9-4;1-5-9(4,6-11)8(12)10-7(2)3;1-3-7(2)9(10)11-6-8-4-5-8/h13H,6-12H2,1-5H3,(H,15,16);7,11H,5-6H2,1-4H3,(H,10,12);7-8H,3-6H2,1-2H3. The molecule has 0 aromatic carbocycles. The van der Waals surface area contributed by atoms with E-state index in [9.17, 15) is 14.4 Å². The second-order valence-electron chi connectivity index (χ2n) is 11.8. The van der Waals surface area contributed by atoms with Gasteiger partial charge in [0.1, 0.15) is 0 Å². The maximum Gasteiger partial charge on any atom is 0.500 e. The van der Waals surface area contributed by atoms with Crippen LogP contribution in [0.15, 0.2) is 0 Å². The van der Waals surface area contributed by atoms with Gasteiger partial charge in [-0.1, -0.05) is 34.6 Å². The number of carbonyl (C=O) groups is 3. The molecule has 1 aliphatic rings. The maximum absolute atomic E-state index is 11.7. The van der Waals surface area contributed by atoms with E-state index in [0.717, 1.165) is 25.3 Å². The van der Waals surface area contributed by atoms with Gasteiger partial charge in [-0.05, 0) is 86.0 Å². The first-order chi connectivity index (χ1) is 20.2. The quantitative estimate of drug-likeness (QED) is 0.0910. The zero-order valence-corrected chi connectivity index (χ0v) is 30.3. The number of ether oxygens (including phenoxy) is 1. The fourth-order valence-corrected chi connectivity index (χ4v) is 6.06. The van der Waals surface area contributed by atoms with Crippen molar-refractivity contribution < 1.29 is 37.5 Å². The van der Waals surface area contributed by atoms with Crippen molar-refractivity contribution in [1.82, 2.24) is 10.6 Å². The fraction of sp³-hybridized carbons (Fsp3) is 0.906. The molecule has 43 heavy (non-hydrogen) atoms. The molecule has 1 fully saturated rings. The maximum atomic E-state index is 11.7. The molecule has 2 amide bonds. The van der Waals surface area contributed by atoms with E-state index in [1.165, 1.54) is 12.8 Å². The van der Waals surface area contributed by atoms with Crippen LogP contribution in [0.4, 0.5) is 0 Å². The fourth-order valence-electron chi connectivity index (χ4n) is 3.45. The molecule has 0 heterocycles. The van der Waals surface area contributed by atoms with Crippen molar-refractivity contribution in [3.05, 3.63) is 0 Å². The summed E-state index contributed by atoms with van der Waals surface area (Å²) in [5, 5.41) is 14.7. The van der Waals surface area contributed by atoms with Crippen molar-refractivity contribution in [1.29, 1.82) is 0 Å². The van der Waals surface area contributed by atoms with E-state index in [4.69, 9.17) is 23.1 Å². The Balaban J connectivity index is 0. The zero-order chi connectivity index (χ0) is 33.5. The summed E-state index contributed by atoms with van der Waals surface area (Å²) in [6.07, 6.45) is 5.70. The molecule has 1 saturated carbocycles. The molecule has 3 N–H and O–H groups in total. The summed E-state index contributed by atoms with van der Waals surface area (Å²) in [6.45, 7) is 24.2. The Morgan fingerprint density at radius 3 is 1.77 bits per heavy atom. The third kappa shape index (κ3) is 20.2. The molecule has 0 aromatic rings. The predicted octanol–water partition coefficient (Wildman–Crippen LogP) is 5.49. The molecule has 0 aliphatic heterocycles. The normalized spacial score (nSPS) is 15.6. The van der Waals surface area contributed by atoms with Gasteiger partial charge in [0.05, 0.1) is 24.5 Å². The molecule has 0 radical (unpaired) electrons. The first kappa shape index (κ1) is 43.6. The molecule has 3 unspecified atom stereocenters. The highest BCUT2D eigenvalue weighted by atomic mass is 28.4. The highest BCUT2D eigenvalue weighted by Crippen LogP contribution is 2.29. The Hall–Kier alpha value is -1.53. The van der Waals surface area contributed by atoms with E-state index in [-0.39, 0.29) is 42.3 Å². The van der Waals surface area contributed by atoms with Gasteiger partial charge in [-0.3, -0.25) is 14.4 Å². The molecular weight excluding hydrogens is 568 g/mol. The van der Waals surface area contributed by atoms with Gasteiger partial charge in [-0.15, -0.1) is 0 Å². The summed E-state index contributed by atoms with van der Waals surface area (Å²) in [5.74, 6) is 0.852. The first-order valence-electron chi connectivity index (χ1n) is 16.5. The van der Waals surface area contributed by atoms with E-state index in [2.05, 4.69) is 10.6 Å². The number of hydrogen-bond donors (Lipinski definition) is 3. The van der Waals surface area contributed by atoms with Crippen molar-refractivity contribution in [2.45, 2.75) is 127 Å². The minimum atomic E-state index is -2.55. The van der Waals surface area contributed by atoms with Crippen molar-refractivity contribution in [3.8, 4) is 0 Å². The largest absolute Gasteiger partial charge is 0.500 e. The molecule has 1 rings (SSSR count). The number of hydrogen-bond acceptors (Lipinski definition) is 8. The average molecular weight is 635 g/mol. The Kier molecular flexibility index (Phi) is 25.1. The average Bonchev–Trinajstić information content (AvgIpc) is 3.82. The molecule has 3 atom stereocenters. The van der Waals surface area contributed by atoms with Crippen molar-refractivity contribution in [2.24, 2.45) is 23.2 Å². The molecule has 10 nitrogen and oxygen atoms in total. The minimum absolute atomic E-state index is 0.0283. The number of rotatable bonds is 20. The van der Waals surface area contributed by atoms with Crippen LogP contribution >= 0.6 is 0 Å². The van der Waals surface area contributed by atoms with E-state index in [1.54, 1.807) is 6.92 Å². The van der Waals surface area contributed by atoms with Crippen molar-refractivity contribution in [2.75, 3.05) is 39.6 Å². The molecule has 0 spiro atoms. The lowest BCUT2D eigenvalue weighted by atomic mass is 9.87. The smallest absolute Gasteiger partial charge is 0.465 e. The number of esters is 1. The zero-order valence-electron chi connectivity index (χ0n) is 29.3. The van der Waals surface area contributed by atoms with Crippen LogP contribution in [0.3, 0.4) is 0 Å². The van der Waals surface area contributed by atoms with E-state index in [1.807, 2.05) is 69.2 Å². The Morgan fingerprint density at radius 1 is 0.884 bits per heavy atom. The van der Waals surface area contributed by atoms with Gasteiger partial charge in [0.25, 0.3) is 0 Å². The van der Waals surface area contributed by atoms with Gasteiger partial charge >= 0.3 is 14.8 Å². The lowest BCUT2D eigenvalue weighted by molar-refractivity contribution is -0.148. The van der Waals surface area contributed by atoms with E-state index in [0.29, 0.717) is 45.3 Å². The van der Waals surface area contributed by atoms with Gasteiger partial charge in [0.15, 0.2) is 0 Å². The van der Waals surface area contributed by atoms with Gasteiger partial charge in [-0.2, -0.15) is 0 Å². The third-order valence-electron chi connectivity index (χ3n) is 7.38. The predicted molar refractivity (Wildman–Crippen MR) is 174 cm³/mol. The monoisotopic (exact) mass is 634 g/mol. The summed E-state index contributed by atoms with van der Waals surface area (Å²) >= 11 is 0. The number of aliphatic hydroxyl groups is 1. The summed E-state index contributed by atoms with van der Waals surface area (Å²) in [5.41, 5.74) is -0.621. The molecule has 0 bridgehead atoms. The summed E-state index contributed by atoms with van der Waals surface area (Å²) < 4.78 is 22.4. The molecule has 0 saturated heterocycles. The Morgan fingerprint density at radius 2 is 1.40 bits per heavy atom. The minimum Gasteiger partial charge on any atom is -0.465 e. The van der Waals surface area contributed by atoms with Crippen LogP contribution in [0.2, 0.25) is 6.04 Å². The molecule has 0 aromatic heterocycles. The number of aliphatic hydroxyl groups excluding tert-OH is 1. The van der Waals surface area contributed by atoms with Crippen molar-refractivity contribution >= 4 is 26.6 Å². The summed E-state index contributed by atoms with van der Waals surface area (Å²) in [7, 11) is -2.55. The van der Waals surface area contributed by atoms with Crippen LogP contribution in [-0.4, -0.2) is 77.3 Å². The number of amides is 2.